The second-order valence-corrected chi connectivity index (χ2v) is 7.74. The predicted molar refractivity (Wildman–Crippen MR) is 103 cm³/mol. The van der Waals surface area contributed by atoms with E-state index in [0.29, 0.717) is 5.76 Å². The number of likely N-dealkylation sites (tertiary alicyclic amines) is 1. The number of carbonyl (C=O) groups is 1. The lowest BCUT2D eigenvalue weighted by Gasteiger charge is -2.33. The summed E-state index contributed by atoms with van der Waals surface area (Å²) in [5.41, 5.74) is 1.76. The molecule has 0 spiro atoms. The van der Waals surface area contributed by atoms with E-state index in [9.17, 15) is 4.79 Å². The van der Waals surface area contributed by atoms with Crippen LogP contribution in [0.1, 0.15) is 40.9 Å². The van der Waals surface area contributed by atoms with Gasteiger partial charge in [-0.3, -0.25) is 4.79 Å². The van der Waals surface area contributed by atoms with Crippen LogP contribution in [-0.4, -0.2) is 22.3 Å². The summed E-state index contributed by atoms with van der Waals surface area (Å²) in [7, 11) is 0. The molecule has 4 aromatic rings. The smallest absolute Gasteiger partial charge is 0.290 e. The van der Waals surface area contributed by atoms with Gasteiger partial charge in [-0.15, -0.1) is 11.3 Å². The van der Waals surface area contributed by atoms with Gasteiger partial charge < -0.3 is 9.32 Å². The highest BCUT2D eigenvalue weighted by Crippen LogP contribution is 2.36. The molecule has 0 N–H and O–H groups in total. The zero-order chi connectivity index (χ0) is 17.5. The Labute approximate surface area is 155 Å². The lowest BCUT2D eigenvalue weighted by molar-refractivity contribution is 0.0581. The number of benzene rings is 2. The second-order valence-electron chi connectivity index (χ2n) is 6.68. The molecule has 1 saturated heterocycles. The van der Waals surface area contributed by atoms with Crippen LogP contribution in [0.3, 0.4) is 0 Å². The third-order valence-electron chi connectivity index (χ3n) is 5.00. The van der Waals surface area contributed by atoms with Crippen molar-refractivity contribution in [3.63, 3.8) is 0 Å². The molecule has 5 heteroatoms. The fourth-order valence-corrected chi connectivity index (χ4v) is 4.81. The molecule has 2 aromatic carbocycles. The number of thiazole rings is 1. The molecule has 1 aliphatic heterocycles. The van der Waals surface area contributed by atoms with Crippen LogP contribution in [-0.2, 0) is 0 Å². The average Bonchev–Trinajstić information content (AvgIpc) is 3.31. The van der Waals surface area contributed by atoms with Gasteiger partial charge in [-0.05, 0) is 43.5 Å². The first-order valence-electron chi connectivity index (χ1n) is 8.94. The first kappa shape index (κ1) is 15.6. The summed E-state index contributed by atoms with van der Waals surface area (Å²) in [5, 5.41) is 1.99. The number of hydrogen-bond acceptors (Lipinski definition) is 4. The Balaban J connectivity index is 1.51. The van der Waals surface area contributed by atoms with Gasteiger partial charge in [0, 0.05) is 11.9 Å². The monoisotopic (exact) mass is 362 g/mol. The Bertz CT molecular complexity index is 1030. The molecule has 0 bridgehead atoms. The number of fused-ring (bicyclic) bond motifs is 2. The van der Waals surface area contributed by atoms with Gasteiger partial charge in [-0.25, -0.2) is 4.98 Å². The average molecular weight is 362 g/mol. The van der Waals surface area contributed by atoms with Crippen molar-refractivity contribution >= 4 is 38.4 Å². The molecule has 2 aromatic heterocycles. The Morgan fingerprint density at radius 1 is 1.12 bits per heavy atom. The summed E-state index contributed by atoms with van der Waals surface area (Å²) in [6.45, 7) is 0.746. The second kappa shape index (κ2) is 6.25. The van der Waals surface area contributed by atoms with E-state index in [2.05, 4.69) is 6.07 Å². The zero-order valence-electron chi connectivity index (χ0n) is 14.2. The van der Waals surface area contributed by atoms with Crippen molar-refractivity contribution < 1.29 is 9.21 Å². The third-order valence-corrected chi connectivity index (χ3v) is 6.13. The standard InChI is InChI=1S/C21H18N2O2S/c24-21(18-13-14-7-1-3-10-17(14)25-18)23-12-6-5-9-16(23)20-22-15-8-2-4-11-19(15)26-20/h1-4,7-8,10-11,13,16H,5-6,9,12H2/t16-/m1/s1. The van der Waals surface area contributed by atoms with Crippen LogP contribution in [0.15, 0.2) is 59.0 Å². The molecule has 5 rings (SSSR count). The lowest BCUT2D eigenvalue weighted by atomic mass is 10.0. The molecule has 1 aliphatic rings. The van der Waals surface area contributed by atoms with Crippen molar-refractivity contribution in [1.29, 1.82) is 0 Å². The minimum atomic E-state index is -0.0369. The molecule has 1 fully saturated rings. The van der Waals surface area contributed by atoms with Crippen molar-refractivity contribution in [3.8, 4) is 0 Å². The van der Waals surface area contributed by atoms with E-state index in [1.165, 1.54) is 4.70 Å². The van der Waals surface area contributed by atoms with Crippen LogP contribution in [0.2, 0.25) is 0 Å². The van der Waals surface area contributed by atoms with Crippen LogP contribution in [0.5, 0.6) is 0 Å². The number of furan rings is 1. The van der Waals surface area contributed by atoms with Crippen molar-refractivity contribution in [1.82, 2.24) is 9.88 Å². The highest BCUT2D eigenvalue weighted by atomic mass is 32.1. The van der Waals surface area contributed by atoms with Crippen molar-refractivity contribution in [2.45, 2.75) is 25.3 Å². The maximum Gasteiger partial charge on any atom is 0.290 e. The Morgan fingerprint density at radius 3 is 2.85 bits per heavy atom. The normalized spacial score (nSPS) is 17.8. The number of piperidine rings is 1. The van der Waals surface area contributed by atoms with E-state index in [-0.39, 0.29) is 11.9 Å². The Morgan fingerprint density at radius 2 is 1.96 bits per heavy atom. The van der Waals surface area contributed by atoms with Gasteiger partial charge >= 0.3 is 0 Å². The molecule has 4 nitrogen and oxygen atoms in total. The van der Waals surface area contributed by atoms with Crippen LogP contribution in [0.4, 0.5) is 0 Å². The molecule has 3 heterocycles. The SMILES string of the molecule is O=C(c1cc2ccccc2o1)N1CCCC[C@@H]1c1nc2ccccc2s1. The molecule has 0 unspecified atom stereocenters. The minimum absolute atomic E-state index is 0.0295. The van der Waals surface area contributed by atoms with Crippen LogP contribution >= 0.6 is 11.3 Å². The zero-order valence-corrected chi connectivity index (χ0v) is 15.0. The number of hydrogen-bond donors (Lipinski definition) is 0. The highest BCUT2D eigenvalue weighted by Gasteiger charge is 2.32. The Kier molecular flexibility index (Phi) is 3.75. The first-order valence-corrected chi connectivity index (χ1v) is 9.76. The number of nitrogens with zero attached hydrogens (tertiary/aromatic N) is 2. The summed E-state index contributed by atoms with van der Waals surface area (Å²) in [5.74, 6) is 0.379. The molecular formula is C21H18N2O2S. The maximum absolute atomic E-state index is 13.2. The molecule has 1 atom stereocenters. The number of amides is 1. The quantitative estimate of drug-likeness (QED) is 0.479. The van der Waals surface area contributed by atoms with E-state index < -0.39 is 0 Å². The number of carbonyl (C=O) groups excluding carboxylic acids is 1. The van der Waals surface area contributed by atoms with Gasteiger partial charge in [-0.2, -0.15) is 0 Å². The highest BCUT2D eigenvalue weighted by molar-refractivity contribution is 7.18. The van der Waals surface area contributed by atoms with Gasteiger partial charge in [0.15, 0.2) is 5.76 Å². The van der Waals surface area contributed by atoms with E-state index >= 15 is 0 Å². The fraction of sp³-hybridized carbons (Fsp3) is 0.238. The summed E-state index contributed by atoms with van der Waals surface area (Å²) in [6.07, 6.45) is 3.09. The minimum Gasteiger partial charge on any atom is -0.451 e. The summed E-state index contributed by atoms with van der Waals surface area (Å²) >= 11 is 1.69. The lowest BCUT2D eigenvalue weighted by Crippen LogP contribution is -2.38. The van der Waals surface area contributed by atoms with Gasteiger partial charge in [0.25, 0.3) is 5.91 Å². The van der Waals surface area contributed by atoms with Gasteiger partial charge in [0.05, 0.1) is 16.3 Å². The molecular weight excluding hydrogens is 344 g/mol. The Hall–Kier alpha value is -2.66. The number of aromatic nitrogens is 1. The summed E-state index contributed by atoms with van der Waals surface area (Å²) in [4.78, 5) is 19.9. The number of rotatable bonds is 2. The van der Waals surface area contributed by atoms with Crippen molar-refractivity contribution in [3.05, 3.63) is 65.4 Å². The van der Waals surface area contributed by atoms with Gasteiger partial charge in [0.1, 0.15) is 10.6 Å². The molecule has 1 amide bonds. The number of para-hydroxylation sites is 2. The molecule has 0 radical (unpaired) electrons. The van der Waals surface area contributed by atoms with Crippen LogP contribution in [0, 0.1) is 0 Å². The summed E-state index contributed by atoms with van der Waals surface area (Å²) < 4.78 is 6.99. The van der Waals surface area contributed by atoms with Crippen molar-refractivity contribution in [2.24, 2.45) is 0 Å². The maximum atomic E-state index is 13.2. The van der Waals surface area contributed by atoms with E-state index in [1.807, 2.05) is 53.4 Å². The molecule has 0 aliphatic carbocycles. The van der Waals surface area contributed by atoms with Crippen LogP contribution < -0.4 is 0 Å². The van der Waals surface area contributed by atoms with Crippen molar-refractivity contribution in [2.75, 3.05) is 6.54 Å². The predicted octanol–water partition coefficient (Wildman–Crippen LogP) is 5.41. The van der Waals surface area contributed by atoms with E-state index in [0.717, 1.165) is 47.3 Å². The van der Waals surface area contributed by atoms with Gasteiger partial charge in [0.2, 0.25) is 0 Å². The molecule has 130 valence electrons. The van der Waals surface area contributed by atoms with Crippen LogP contribution in [0.25, 0.3) is 21.2 Å². The van der Waals surface area contributed by atoms with Gasteiger partial charge in [-0.1, -0.05) is 30.3 Å². The topological polar surface area (TPSA) is 46.3 Å². The third kappa shape index (κ3) is 2.59. The largest absolute Gasteiger partial charge is 0.451 e. The van der Waals surface area contributed by atoms with E-state index in [1.54, 1.807) is 11.3 Å². The first-order chi connectivity index (χ1) is 12.8. The summed E-state index contributed by atoms with van der Waals surface area (Å²) in [6, 6.07) is 17.8. The fourth-order valence-electron chi connectivity index (χ4n) is 3.69. The molecule has 26 heavy (non-hydrogen) atoms. The van der Waals surface area contributed by atoms with E-state index in [4.69, 9.17) is 9.40 Å². The molecule has 0 saturated carbocycles.